The second kappa shape index (κ2) is 13.4. The molecule has 0 saturated carbocycles. The fourth-order valence-corrected chi connectivity index (χ4v) is 2.36. The summed E-state index contributed by atoms with van der Waals surface area (Å²) >= 11 is 0. The summed E-state index contributed by atoms with van der Waals surface area (Å²) in [4.78, 5) is 35.1. The van der Waals surface area contributed by atoms with Crippen molar-refractivity contribution in [3.8, 4) is 11.5 Å². The third-order valence-electron chi connectivity index (χ3n) is 3.88. The molecule has 10 nitrogen and oxygen atoms in total. The van der Waals surface area contributed by atoms with Crippen LogP contribution in [-0.2, 0) is 19.1 Å². The maximum absolute atomic E-state index is 12.0. The first kappa shape index (κ1) is 24.4. The van der Waals surface area contributed by atoms with E-state index in [4.69, 9.17) is 14.2 Å². The molecule has 0 aromatic heterocycles. The van der Waals surface area contributed by atoms with E-state index in [2.05, 4.69) is 21.2 Å². The van der Waals surface area contributed by atoms with Gasteiger partial charge in [0.15, 0.2) is 6.61 Å². The van der Waals surface area contributed by atoms with E-state index >= 15 is 0 Å². The Morgan fingerprint density at radius 1 is 0.938 bits per heavy atom. The quantitative estimate of drug-likeness (QED) is 0.208. The summed E-state index contributed by atoms with van der Waals surface area (Å²) in [6, 6.07) is 13.7. The van der Waals surface area contributed by atoms with E-state index < -0.39 is 11.8 Å². The average Bonchev–Trinajstić information content (AvgIpc) is 2.80. The van der Waals surface area contributed by atoms with Crippen molar-refractivity contribution in [3.63, 3.8) is 0 Å². The summed E-state index contributed by atoms with van der Waals surface area (Å²) in [5.41, 5.74) is 3.44. The maximum atomic E-state index is 12.0. The molecule has 3 amide bonds. The molecule has 0 aliphatic rings. The van der Waals surface area contributed by atoms with Gasteiger partial charge in [0, 0.05) is 19.3 Å². The number of carbonyl (C=O) groups is 3. The number of hydrazone groups is 1. The van der Waals surface area contributed by atoms with E-state index in [9.17, 15) is 14.4 Å². The summed E-state index contributed by atoms with van der Waals surface area (Å²) in [6.07, 6.45) is 1.38. The highest BCUT2D eigenvalue weighted by atomic mass is 16.5. The molecule has 32 heavy (non-hydrogen) atoms. The smallest absolute Gasteiger partial charge is 0.329 e. The van der Waals surface area contributed by atoms with Crippen molar-refractivity contribution in [2.24, 2.45) is 5.10 Å². The number of carbonyl (C=O) groups excluding carboxylic acids is 3. The maximum Gasteiger partial charge on any atom is 0.329 e. The fourth-order valence-electron chi connectivity index (χ4n) is 2.36. The van der Waals surface area contributed by atoms with Gasteiger partial charge in [-0.15, -0.1) is 0 Å². The first-order valence-corrected chi connectivity index (χ1v) is 9.87. The molecule has 0 spiro atoms. The predicted molar refractivity (Wildman–Crippen MR) is 119 cm³/mol. The average molecular weight is 442 g/mol. The number of ether oxygens (including phenoxy) is 3. The molecule has 0 heterocycles. The number of hydrogen-bond acceptors (Lipinski definition) is 7. The summed E-state index contributed by atoms with van der Waals surface area (Å²) in [5, 5.41) is 8.85. The van der Waals surface area contributed by atoms with Crippen molar-refractivity contribution in [2.45, 2.75) is 6.92 Å². The number of hydrogen-bond donors (Lipinski definition) is 3. The van der Waals surface area contributed by atoms with Crippen LogP contribution in [0.2, 0.25) is 0 Å². The van der Waals surface area contributed by atoms with E-state index in [0.29, 0.717) is 30.2 Å². The Hall–Kier alpha value is -3.92. The Morgan fingerprint density at radius 3 is 2.25 bits per heavy atom. The van der Waals surface area contributed by atoms with Crippen molar-refractivity contribution in [1.29, 1.82) is 0 Å². The number of rotatable bonds is 11. The molecular formula is C22H26N4O6. The highest BCUT2D eigenvalue weighted by Crippen LogP contribution is 2.16. The number of anilines is 1. The van der Waals surface area contributed by atoms with Crippen LogP contribution in [0.4, 0.5) is 5.69 Å². The summed E-state index contributed by atoms with van der Waals surface area (Å²) in [6.45, 7) is 2.85. The van der Waals surface area contributed by atoms with Crippen LogP contribution in [0.5, 0.6) is 11.5 Å². The molecular weight excluding hydrogens is 416 g/mol. The van der Waals surface area contributed by atoms with E-state index in [1.165, 1.54) is 13.3 Å². The topological polar surface area (TPSA) is 127 Å². The lowest BCUT2D eigenvalue weighted by Gasteiger charge is -2.09. The Balaban J connectivity index is 1.73. The minimum Gasteiger partial charge on any atom is -0.494 e. The van der Waals surface area contributed by atoms with E-state index in [1.54, 1.807) is 48.5 Å². The SMILES string of the molecule is CCOc1ccc(NC(=O)COc2ccc(/C=N\NC(=O)C(=O)NCCOC)cc2)cc1. The standard InChI is InChI=1S/C22H26N4O6/c1-3-31-18-10-6-17(7-11-18)25-20(27)15-32-19-8-4-16(5-9-19)14-24-26-22(29)21(28)23-12-13-30-2/h4-11,14H,3,12-13,15H2,1-2H3,(H,23,28)(H,25,27)(H,26,29)/b24-14-. The first-order chi connectivity index (χ1) is 15.5. The lowest BCUT2D eigenvalue weighted by atomic mass is 10.2. The summed E-state index contributed by atoms with van der Waals surface area (Å²) in [7, 11) is 1.49. The van der Waals surface area contributed by atoms with Crippen LogP contribution in [0.3, 0.4) is 0 Å². The predicted octanol–water partition coefficient (Wildman–Crippen LogP) is 1.32. The molecule has 10 heteroatoms. The summed E-state index contributed by atoms with van der Waals surface area (Å²) < 4.78 is 15.6. The van der Waals surface area contributed by atoms with Crippen LogP contribution >= 0.6 is 0 Å². The number of nitrogens with zero attached hydrogens (tertiary/aromatic N) is 1. The third kappa shape index (κ3) is 8.84. The lowest BCUT2D eigenvalue weighted by Crippen LogP contribution is -2.39. The monoisotopic (exact) mass is 442 g/mol. The van der Waals surface area contributed by atoms with Crippen LogP contribution in [0.15, 0.2) is 53.6 Å². The van der Waals surface area contributed by atoms with Crippen molar-refractivity contribution in [1.82, 2.24) is 10.7 Å². The molecule has 0 atom stereocenters. The second-order valence-electron chi connectivity index (χ2n) is 6.31. The van der Waals surface area contributed by atoms with Gasteiger partial charge in [-0.25, -0.2) is 5.43 Å². The number of methoxy groups -OCH3 is 1. The normalized spacial score (nSPS) is 10.4. The molecule has 0 aliphatic heterocycles. The van der Waals surface area contributed by atoms with Gasteiger partial charge in [0.1, 0.15) is 11.5 Å². The van der Waals surface area contributed by atoms with Crippen LogP contribution in [0.25, 0.3) is 0 Å². The van der Waals surface area contributed by atoms with Crippen molar-refractivity contribution in [3.05, 3.63) is 54.1 Å². The van der Waals surface area contributed by atoms with Crippen LogP contribution in [0.1, 0.15) is 12.5 Å². The van der Waals surface area contributed by atoms with Gasteiger partial charge in [-0.3, -0.25) is 14.4 Å². The number of nitrogens with one attached hydrogen (secondary N) is 3. The van der Waals surface area contributed by atoms with Gasteiger partial charge in [0.05, 0.1) is 19.4 Å². The van der Waals surface area contributed by atoms with Crippen molar-refractivity contribution >= 4 is 29.6 Å². The Morgan fingerprint density at radius 2 is 1.59 bits per heavy atom. The number of benzene rings is 2. The largest absolute Gasteiger partial charge is 0.494 e. The summed E-state index contributed by atoms with van der Waals surface area (Å²) in [5.74, 6) is -0.755. The fraction of sp³-hybridized carbons (Fsp3) is 0.273. The Kier molecular flexibility index (Phi) is 10.2. The minimum atomic E-state index is -0.879. The van der Waals surface area contributed by atoms with Gasteiger partial charge in [-0.1, -0.05) is 0 Å². The van der Waals surface area contributed by atoms with Crippen LogP contribution < -0.4 is 25.5 Å². The third-order valence-corrected chi connectivity index (χ3v) is 3.88. The first-order valence-electron chi connectivity index (χ1n) is 9.87. The second-order valence-corrected chi connectivity index (χ2v) is 6.31. The van der Waals surface area contributed by atoms with Gasteiger partial charge >= 0.3 is 11.8 Å². The van der Waals surface area contributed by atoms with Crippen molar-refractivity contribution in [2.75, 3.05) is 38.8 Å². The highest BCUT2D eigenvalue weighted by Gasteiger charge is 2.11. The molecule has 2 aromatic carbocycles. The van der Waals surface area contributed by atoms with Gasteiger partial charge < -0.3 is 24.8 Å². The number of amides is 3. The zero-order chi connectivity index (χ0) is 23.2. The van der Waals surface area contributed by atoms with E-state index in [0.717, 1.165) is 5.75 Å². The van der Waals surface area contributed by atoms with E-state index in [1.807, 2.05) is 6.92 Å². The van der Waals surface area contributed by atoms with Crippen LogP contribution in [-0.4, -0.2) is 57.4 Å². The Bertz CT molecular complexity index is 913. The molecule has 0 saturated heterocycles. The zero-order valence-corrected chi connectivity index (χ0v) is 17.9. The molecule has 0 bridgehead atoms. The highest BCUT2D eigenvalue weighted by molar-refractivity contribution is 6.35. The molecule has 2 rings (SSSR count). The molecule has 0 unspecified atom stereocenters. The molecule has 0 aliphatic carbocycles. The zero-order valence-electron chi connectivity index (χ0n) is 17.9. The molecule has 3 N–H and O–H groups in total. The molecule has 170 valence electrons. The van der Waals surface area contributed by atoms with Crippen molar-refractivity contribution < 1.29 is 28.6 Å². The molecule has 0 radical (unpaired) electrons. The van der Waals surface area contributed by atoms with Crippen LogP contribution in [0, 0.1) is 0 Å². The van der Waals surface area contributed by atoms with Gasteiger partial charge in [0.2, 0.25) is 0 Å². The Labute approximate surface area is 185 Å². The lowest BCUT2D eigenvalue weighted by molar-refractivity contribution is -0.139. The minimum absolute atomic E-state index is 0.158. The van der Waals surface area contributed by atoms with E-state index in [-0.39, 0.29) is 19.1 Å². The molecule has 2 aromatic rings. The molecule has 0 fully saturated rings. The van der Waals surface area contributed by atoms with Gasteiger partial charge in [0.25, 0.3) is 5.91 Å². The van der Waals surface area contributed by atoms with Gasteiger partial charge in [-0.2, -0.15) is 5.10 Å². The van der Waals surface area contributed by atoms with Gasteiger partial charge in [-0.05, 0) is 61.0 Å².